The lowest BCUT2D eigenvalue weighted by Gasteiger charge is -2.13. The molecule has 1 aromatic heterocycles. The summed E-state index contributed by atoms with van der Waals surface area (Å²) in [7, 11) is -3.19. The average molecular weight is 385 g/mol. The Kier molecular flexibility index (Phi) is 5.67. The van der Waals surface area contributed by atoms with Gasteiger partial charge in [-0.05, 0) is 30.9 Å². The van der Waals surface area contributed by atoms with Crippen molar-refractivity contribution in [3.63, 3.8) is 0 Å². The summed E-state index contributed by atoms with van der Waals surface area (Å²) in [6.45, 7) is 2.21. The molecule has 1 saturated heterocycles. The van der Waals surface area contributed by atoms with E-state index >= 15 is 0 Å². The molecule has 0 aliphatic carbocycles. The van der Waals surface area contributed by atoms with Crippen molar-refractivity contribution in [2.45, 2.75) is 31.6 Å². The van der Waals surface area contributed by atoms with Gasteiger partial charge in [-0.2, -0.15) is 4.98 Å². The van der Waals surface area contributed by atoms with Crippen LogP contribution < -0.4 is 0 Å². The van der Waals surface area contributed by atoms with Gasteiger partial charge in [-0.1, -0.05) is 29.4 Å². The molecular weight excluding hydrogens is 364 g/mol. The van der Waals surface area contributed by atoms with Gasteiger partial charge in [0.2, 0.25) is 5.89 Å². The van der Waals surface area contributed by atoms with Gasteiger partial charge in [-0.25, -0.2) is 17.2 Å². The highest BCUT2D eigenvalue weighted by Gasteiger charge is 2.24. The fraction of sp³-hybridized carbons (Fsp3) is 0.529. The molecule has 9 heteroatoms. The second-order valence-electron chi connectivity index (χ2n) is 6.81. The number of aromatic nitrogens is 2. The highest BCUT2D eigenvalue weighted by Crippen LogP contribution is 2.24. The predicted octanol–water partition coefficient (Wildman–Crippen LogP) is 2.62. The molecule has 0 saturated carbocycles. The molecule has 2 heterocycles. The number of nitrogens with zero attached hydrogens (tertiary/aromatic N) is 3. The number of benzene rings is 1. The van der Waals surface area contributed by atoms with Crippen LogP contribution in [0.25, 0.3) is 0 Å². The molecule has 1 aromatic carbocycles. The summed E-state index contributed by atoms with van der Waals surface area (Å²) in [4.78, 5) is 6.30. The Morgan fingerprint density at radius 1 is 1.31 bits per heavy atom. The highest BCUT2D eigenvalue weighted by molar-refractivity contribution is 7.89. The Labute approximate surface area is 151 Å². The van der Waals surface area contributed by atoms with Gasteiger partial charge in [0.15, 0.2) is 15.7 Å². The lowest BCUT2D eigenvalue weighted by molar-refractivity contribution is 0.151. The fourth-order valence-electron chi connectivity index (χ4n) is 3.19. The molecule has 1 aliphatic rings. The van der Waals surface area contributed by atoms with Crippen LogP contribution in [-0.4, -0.2) is 42.8 Å². The summed E-state index contributed by atoms with van der Waals surface area (Å²) in [5.41, 5.74) is 1.09. The molecule has 0 amide bonds. The topological polar surface area (TPSA) is 76.3 Å². The molecule has 1 fully saturated rings. The van der Waals surface area contributed by atoms with Crippen LogP contribution in [0.1, 0.15) is 35.7 Å². The highest BCUT2D eigenvalue weighted by atomic mass is 32.2. The van der Waals surface area contributed by atoms with Crippen molar-refractivity contribution in [1.82, 2.24) is 15.0 Å². The quantitative estimate of drug-likeness (QED) is 0.729. The van der Waals surface area contributed by atoms with Gasteiger partial charge in [0.05, 0.1) is 6.54 Å². The molecule has 0 radical (unpaired) electrons. The van der Waals surface area contributed by atoms with Crippen molar-refractivity contribution in [2.75, 3.05) is 19.3 Å². The summed E-state index contributed by atoms with van der Waals surface area (Å²) >= 11 is 0. The van der Waals surface area contributed by atoms with E-state index in [0.717, 1.165) is 37.8 Å². The molecule has 0 N–H and O–H groups in total. The summed E-state index contributed by atoms with van der Waals surface area (Å²) in [6.07, 6.45) is 0.527. The zero-order valence-electron chi connectivity index (χ0n) is 14.4. The van der Waals surface area contributed by atoms with Gasteiger partial charge in [0.25, 0.3) is 6.43 Å². The third kappa shape index (κ3) is 5.31. The van der Waals surface area contributed by atoms with E-state index in [2.05, 4.69) is 15.0 Å². The Morgan fingerprint density at radius 3 is 2.69 bits per heavy atom. The standard InChI is InChI=1S/C17H21F2N3O3S/c1-26(23,24)11-15-20-16(25-21-15)10-22-7-6-13(9-22)8-12-2-4-14(5-3-12)17(18)19/h2-5,13,17H,6-11H2,1H3. The van der Waals surface area contributed by atoms with E-state index in [4.69, 9.17) is 4.52 Å². The van der Waals surface area contributed by atoms with Crippen LogP contribution in [-0.2, 0) is 28.6 Å². The van der Waals surface area contributed by atoms with Crippen LogP contribution in [0.5, 0.6) is 0 Å². The van der Waals surface area contributed by atoms with Crippen molar-refractivity contribution in [1.29, 1.82) is 0 Å². The minimum absolute atomic E-state index is 0.0445. The van der Waals surface area contributed by atoms with Gasteiger partial charge in [0.1, 0.15) is 5.75 Å². The van der Waals surface area contributed by atoms with Crippen LogP contribution in [0.4, 0.5) is 8.78 Å². The van der Waals surface area contributed by atoms with Gasteiger partial charge in [-0.3, -0.25) is 4.90 Å². The second-order valence-corrected chi connectivity index (χ2v) is 8.95. The van der Waals surface area contributed by atoms with E-state index in [1.165, 1.54) is 12.1 Å². The molecule has 1 aliphatic heterocycles. The first-order chi connectivity index (χ1) is 12.3. The Bertz CT molecular complexity index is 837. The molecule has 2 aromatic rings. The number of hydrogen-bond acceptors (Lipinski definition) is 6. The Morgan fingerprint density at radius 2 is 2.04 bits per heavy atom. The van der Waals surface area contributed by atoms with E-state index in [1.54, 1.807) is 12.1 Å². The number of likely N-dealkylation sites (tertiary alicyclic amines) is 1. The third-order valence-electron chi connectivity index (χ3n) is 4.39. The number of sulfone groups is 1. The first-order valence-electron chi connectivity index (χ1n) is 8.37. The zero-order chi connectivity index (χ0) is 18.7. The molecule has 0 spiro atoms. The molecule has 26 heavy (non-hydrogen) atoms. The number of halogens is 2. The van der Waals surface area contributed by atoms with Crippen molar-refractivity contribution in [3.05, 3.63) is 47.1 Å². The van der Waals surface area contributed by atoms with Crippen LogP contribution in [0, 0.1) is 5.92 Å². The molecule has 6 nitrogen and oxygen atoms in total. The molecule has 142 valence electrons. The molecule has 0 bridgehead atoms. The Balaban J connectivity index is 1.51. The summed E-state index contributed by atoms with van der Waals surface area (Å²) in [6, 6.07) is 6.49. The van der Waals surface area contributed by atoms with E-state index in [-0.39, 0.29) is 17.1 Å². The predicted molar refractivity (Wildman–Crippen MR) is 91.3 cm³/mol. The van der Waals surface area contributed by atoms with E-state index in [9.17, 15) is 17.2 Å². The normalized spacial score (nSPS) is 18.7. The molecule has 3 rings (SSSR count). The summed E-state index contributed by atoms with van der Waals surface area (Å²) < 4.78 is 52.8. The number of hydrogen-bond donors (Lipinski definition) is 0. The fourth-order valence-corrected chi connectivity index (χ4v) is 3.78. The maximum atomic E-state index is 12.6. The van der Waals surface area contributed by atoms with Crippen LogP contribution in [0.2, 0.25) is 0 Å². The van der Waals surface area contributed by atoms with Crippen LogP contribution >= 0.6 is 0 Å². The number of rotatable bonds is 7. The van der Waals surface area contributed by atoms with Crippen molar-refractivity contribution >= 4 is 9.84 Å². The van der Waals surface area contributed by atoms with Gasteiger partial charge >= 0.3 is 0 Å². The van der Waals surface area contributed by atoms with Gasteiger partial charge in [-0.15, -0.1) is 0 Å². The smallest absolute Gasteiger partial charge is 0.263 e. The second kappa shape index (κ2) is 7.79. The van der Waals surface area contributed by atoms with Crippen molar-refractivity contribution < 1.29 is 21.7 Å². The minimum atomic E-state index is -3.19. The molecular formula is C17H21F2N3O3S. The monoisotopic (exact) mass is 385 g/mol. The third-order valence-corrected chi connectivity index (χ3v) is 5.17. The summed E-state index contributed by atoms with van der Waals surface area (Å²) in [5, 5.41) is 3.70. The lowest BCUT2D eigenvalue weighted by atomic mass is 9.98. The minimum Gasteiger partial charge on any atom is -0.338 e. The first-order valence-corrected chi connectivity index (χ1v) is 10.4. The maximum Gasteiger partial charge on any atom is 0.263 e. The van der Waals surface area contributed by atoms with Gasteiger partial charge in [0, 0.05) is 18.4 Å². The van der Waals surface area contributed by atoms with E-state index in [0.29, 0.717) is 18.4 Å². The van der Waals surface area contributed by atoms with Crippen LogP contribution in [0.15, 0.2) is 28.8 Å². The van der Waals surface area contributed by atoms with E-state index < -0.39 is 16.3 Å². The maximum absolute atomic E-state index is 12.6. The Hall–Kier alpha value is -1.87. The zero-order valence-corrected chi connectivity index (χ0v) is 15.3. The SMILES string of the molecule is CS(=O)(=O)Cc1noc(CN2CCC(Cc3ccc(C(F)F)cc3)C2)n1. The first kappa shape index (κ1) is 18.9. The van der Waals surface area contributed by atoms with E-state index in [1.807, 2.05) is 0 Å². The average Bonchev–Trinajstić information content (AvgIpc) is 3.16. The van der Waals surface area contributed by atoms with Crippen LogP contribution in [0.3, 0.4) is 0 Å². The van der Waals surface area contributed by atoms with Crippen molar-refractivity contribution in [2.24, 2.45) is 5.92 Å². The molecule has 1 atom stereocenters. The van der Waals surface area contributed by atoms with Crippen molar-refractivity contribution in [3.8, 4) is 0 Å². The lowest BCUT2D eigenvalue weighted by Crippen LogP contribution is -2.21. The summed E-state index contributed by atoms with van der Waals surface area (Å²) in [5.74, 6) is 0.794. The van der Waals surface area contributed by atoms with Gasteiger partial charge < -0.3 is 4.52 Å². The largest absolute Gasteiger partial charge is 0.338 e. The molecule has 1 unspecified atom stereocenters. The number of alkyl halides is 2.